The van der Waals surface area contributed by atoms with Crippen molar-refractivity contribution < 1.29 is 14.2 Å². The van der Waals surface area contributed by atoms with Crippen molar-refractivity contribution in [2.24, 2.45) is 4.99 Å². The molecule has 1 saturated heterocycles. The highest BCUT2D eigenvalue weighted by Crippen LogP contribution is 2.22. The van der Waals surface area contributed by atoms with Crippen LogP contribution in [0.25, 0.3) is 0 Å². The zero-order chi connectivity index (χ0) is 21.7. The van der Waals surface area contributed by atoms with Crippen LogP contribution in [0.2, 0.25) is 0 Å². The van der Waals surface area contributed by atoms with Gasteiger partial charge in [-0.15, -0.1) is 0 Å². The molecule has 3 rings (SSSR count). The molecule has 0 aromatic carbocycles. The van der Waals surface area contributed by atoms with Gasteiger partial charge in [0.05, 0.1) is 12.6 Å². The molecule has 1 saturated carbocycles. The minimum atomic E-state index is 0.331. The number of likely N-dealkylation sites (tertiary alicyclic amines) is 1. The number of rotatable bonds is 10. The van der Waals surface area contributed by atoms with Crippen LogP contribution < -0.4 is 10.1 Å². The number of ether oxygens (including phenoxy) is 3. The van der Waals surface area contributed by atoms with E-state index in [0.717, 1.165) is 82.4 Å². The molecule has 1 aromatic rings. The van der Waals surface area contributed by atoms with E-state index in [0.29, 0.717) is 18.8 Å². The van der Waals surface area contributed by atoms with Gasteiger partial charge < -0.3 is 24.4 Å². The summed E-state index contributed by atoms with van der Waals surface area (Å²) in [5, 5.41) is 3.44. The number of piperidine rings is 1. The standard InChI is InChI=1S/C24H40N4O3/c1-3-25-24(28-14-12-21(13-15-28)30-17-7-16-29-2)27-19-20-10-11-23(26-18-20)31-22-8-5-4-6-9-22/h10-11,18,21-22H,3-9,12-17,19H2,1-2H3,(H,25,27). The Kier molecular flexibility index (Phi) is 10.4. The third-order valence-electron chi connectivity index (χ3n) is 5.97. The SMILES string of the molecule is CCNC(=NCc1ccc(OC2CCCCC2)nc1)N1CCC(OCCCOC)CC1. The van der Waals surface area contributed by atoms with Gasteiger partial charge in [0.15, 0.2) is 5.96 Å². The second-order valence-corrected chi connectivity index (χ2v) is 8.46. The van der Waals surface area contributed by atoms with Gasteiger partial charge in [0.2, 0.25) is 5.88 Å². The monoisotopic (exact) mass is 432 g/mol. The average molecular weight is 433 g/mol. The van der Waals surface area contributed by atoms with E-state index in [-0.39, 0.29) is 0 Å². The molecule has 0 spiro atoms. The van der Waals surface area contributed by atoms with E-state index in [1.807, 2.05) is 12.3 Å². The van der Waals surface area contributed by atoms with Crippen molar-refractivity contribution in [3.63, 3.8) is 0 Å². The summed E-state index contributed by atoms with van der Waals surface area (Å²) in [6, 6.07) is 4.07. The molecule has 1 aliphatic carbocycles. The van der Waals surface area contributed by atoms with Crippen LogP contribution in [0.3, 0.4) is 0 Å². The van der Waals surface area contributed by atoms with E-state index >= 15 is 0 Å². The highest BCUT2D eigenvalue weighted by Gasteiger charge is 2.22. The maximum Gasteiger partial charge on any atom is 0.213 e. The van der Waals surface area contributed by atoms with Gasteiger partial charge in [-0.3, -0.25) is 0 Å². The van der Waals surface area contributed by atoms with Crippen LogP contribution in [0.1, 0.15) is 63.9 Å². The lowest BCUT2D eigenvalue weighted by Gasteiger charge is -2.34. The number of guanidine groups is 1. The normalized spacial score (nSPS) is 18.9. The predicted molar refractivity (Wildman–Crippen MR) is 124 cm³/mol. The first-order valence-corrected chi connectivity index (χ1v) is 12.0. The number of pyridine rings is 1. The summed E-state index contributed by atoms with van der Waals surface area (Å²) in [6.07, 6.45) is 11.8. The van der Waals surface area contributed by atoms with Crippen molar-refractivity contribution in [2.75, 3.05) is 40.0 Å². The van der Waals surface area contributed by atoms with Crippen LogP contribution in [-0.2, 0) is 16.0 Å². The van der Waals surface area contributed by atoms with Gasteiger partial charge in [-0.25, -0.2) is 9.98 Å². The average Bonchev–Trinajstić information content (AvgIpc) is 2.82. The Morgan fingerprint density at radius 1 is 1.10 bits per heavy atom. The number of hydrogen-bond acceptors (Lipinski definition) is 5. The Bertz CT molecular complexity index is 639. The van der Waals surface area contributed by atoms with E-state index in [9.17, 15) is 0 Å². The molecule has 2 heterocycles. The molecule has 0 atom stereocenters. The van der Waals surface area contributed by atoms with Crippen molar-refractivity contribution in [3.05, 3.63) is 23.9 Å². The van der Waals surface area contributed by atoms with E-state index in [2.05, 4.69) is 28.2 Å². The minimum absolute atomic E-state index is 0.331. The van der Waals surface area contributed by atoms with Crippen molar-refractivity contribution >= 4 is 5.96 Å². The van der Waals surface area contributed by atoms with Gasteiger partial charge in [-0.05, 0) is 57.4 Å². The molecular weight excluding hydrogens is 392 g/mol. The first-order chi connectivity index (χ1) is 15.3. The van der Waals surface area contributed by atoms with Gasteiger partial charge in [0.25, 0.3) is 0 Å². The molecule has 0 radical (unpaired) electrons. The number of nitrogens with one attached hydrogen (secondary N) is 1. The number of aliphatic imine (C=N–C) groups is 1. The first-order valence-electron chi connectivity index (χ1n) is 12.0. The van der Waals surface area contributed by atoms with Crippen molar-refractivity contribution in [3.8, 4) is 5.88 Å². The summed E-state index contributed by atoms with van der Waals surface area (Å²) in [6.45, 7) is 7.06. The molecule has 7 heteroatoms. The largest absolute Gasteiger partial charge is 0.474 e. The van der Waals surface area contributed by atoms with Crippen LogP contribution >= 0.6 is 0 Å². The zero-order valence-corrected chi connectivity index (χ0v) is 19.4. The Morgan fingerprint density at radius 2 is 1.90 bits per heavy atom. The van der Waals surface area contributed by atoms with Gasteiger partial charge in [0, 0.05) is 52.2 Å². The summed E-state index contributed by atoms with van der Waals surface area (Å²) in [7, 11) is 1.73. The van der Waals surface area contributed by atoms with Crippen molar-refractivity contribution in [2.45, 2.75) is 77.0 Å². The van der Waals surface area contributed by atoms with Crippen LogP contribution in [-0.4, -0.2) is 68.0 Å². The molecule has 174 valence electrons. The van der Waals surface area contributed by atoms with E-state index in [4.69, 9.17) is 19.2 Å². The fraction of sp³-hybridized carbons (Fsp3) is 0.750. The van der Waals surface area contributed by atoms with E-state index in [1.165, 1.54) is 19.3 Å². The molecule has 2 fully saturated rings. The highest BCUT2D eigenvalue weighted by molar-refractivity contribution is 5.80. The number of aromatic nitrogens is 1. The topological polar surface area (TPSA) is 68.2 Å². The maximum atomic E-state index is 6.03. The molecule has 31 heavy (non-hydrogen) atoms. The summed E-state index contributed by atoms with van der Waals surface area (Å²) in [5.74, 6) is 1.71. The second kappa shape index (κ2) is 13.5. The Hall–Kier alpha value is -1.86. The lowest BCUT2D eigenvalue weighted by molar-refractivity contribution is 0.00990. The lowest BCUT2D eigenvalue weighted by atomic mass is 9.98. The second-order valence-electron chi connectivity index (χ2n) is 8.46. The zero-order valence-electron chi connectivity index (χ0n) is 19.4. The maximum absolute atomic E-state index is 6.03. The Labute approximate surface area is 187 Å². The molecule has 1 N–H and O–H groups in total. The van der Waals surface area contributed by atoms with Crippen LogP contribution in [0.4, 0.5) is 0 Å². The summed E-state index contributed by atoms with van der Waals surface area (Å²) in [4.78, 5) is 11.7. The smallest absolute Gasteiger partial charge is 0.213 e. The Morgan fingerprint density at radius 3 is 2.58 bits per heavy atom. The molecular formula is C24H40N4O3. The third-order valence-corrected chi connectivity index (χ3v) is 5.97. The third kappa shape index (κ3) is 8.30. The van der Waals surface area contributed by atoms with Gasteiger partial charge in [-0.1, -0.05) is 12.5 Å². The van der Waals surface area contributed by atoms with E-state index < -0.39 is 0 Å². The molecule has 1 aromatic heterocycles. The van der Waals surface area contributed by atoms with Crippen molar-refractivity contribution in [1.82, 2.24) is 15.2 Å². The lowest BCUT2D eigenvalue weighted by Crippen LogP contribution is -2.47. The van der Waals surface area contributed by atoms with Crippen LogP contribution in [0.15, 0.2) is 23.3 Å². The summed E-state index contributed by atoms with van der Waals surface area (Å²) < 4.78 is 17.1. The molecule has 1 aliphatic heterocycles. The number of hydrogen-bond donors (Lipinski definition) is 1. The first kappa shape index (κ1) is 23.8. The predicted octanol–water partition coefficient (Wildman–Crippen LogP) is 3.78. The van der Waals surface area contributed by atoms with Crippen molar-refractivity contribution in [1.29, 1.82) is 0 Å². The van der Waals surface area contributed by atoms with Gasteiger partial charge in [0.1, 0.15) is 6.10 Å². The van der Waals surface area contributed by atoms with Crippen LogP contribution in [0.5, 0.6) is 5.88 Å². The number of methoxy groups -OCH3 is 1. The van der Waals surface area contributed by atoms with Crippen LogP contribution in [0, 0.1) is 0 Å². The fourth-order valence-corrected chi connectivity index (χ4v) is 4.21. The Balaban J connectivity index is 1.46. The summed E-state index contributed by atoms with van der Waals surface area (Å²) in [5.41, 5.74) is 1.10. The quantitative estimate of drug-likeness (QED) is 0.345. The van der Waals surface area contributed by atoms with Gasteiger partial charge >= 0.3 is 0 Å². The minimum Gasteiger partial charge on any atom is -0.474 e. The molecule has 0 bridgehead atoms. The molecule has 2 aliphatic rings. The number of nitrogens with zero attached hydrogens (tertiary/aromatic N) is 3. The molecule has 7 nitrogen and oxygen atoms in total. The molecule has 0 amide bonds. The van der Waals surface area contributed by atoms with E-state index in [1.54, 1.807) is 7.11 Å². The highest BCUT2D eigenvalue weighted by atomic mass is 16.5. The molecule has 0 unspecified atom stereocenters. The van der Waals surface area contributed by atoms with Gasteiger partial charge in [-0.2, -0.15) is 0 Å². The fourth-order valence-electron chi connectivity index (χ4n) is 4.21. The summed E-state index contributed by atoms with van der Waals surface area (Å²) >= 11 is 0.